The topological polar surface area (TPSA) is 208 Å². The van der Waals surface area contributed by atoms with E-state index in [4.69, 9.17) is 23.9 Å². The maximum Gasteiger partial charge on any atom is 0.413 e. The van der Waals surface area contributed by atoms with Gasteiger partial charge in [-0.25, -0.2) is 24.4 Å². The average molecular weight is 833 g/mol. The molecule has 0 bridgehead atoms. The van der Waals surface area contributed by atoms with Gasteiger partial charge in [-0.05, 0) is 69.4 Å². The number of nitrogens with zero attached hydrogens (tertiary/aromatic N) is 3. The summed E-state index contributed by atoms with van der Waals surface area (Å²) in [6, 6.07) is 4.97. The van der Waals surface area contributed by atoms with Crippen LogP contribution in [0.15, 0.2) is 41.8 Å². The maximum atomic E-state index is 14.6. The number of anilines is 1. The molecule has 59 heavy (non-hydrogen) atoms. The number of rotatable bonds is 10. The van der Waals surface area contributed by atoms with Crippen molar-refractivity contribution in [3.8, 4) is 22.9 Å². The lowest BCUT2D eigenvalue weighted by Crippen LogP contribution is -2.56. The Labute approximate surface area is 346 Å². The molecule has 2 aromatic heterocycles. The highest BCUT2D eigenvalue weighted by Gasteiger charge is 2.61. The third-order valence-corrected chi connectivity index (χ3v) is 12.0. The van der Waals surface area contributed by atoms with Crippen molar-refractivity contribution in [3.05, 3.63) is 41.8 Å². The normalized spacial score (nSPS) is 25.0. The van der Waals surface area contributed by atoms with E-state index in [0.717, 1.165) is 44.9 Å². The Bertz CT molecular complexity index is 2080. The Morgan fingerprint density at radius 1 is 1.02 bits per heavy atom. The van der Waals surface area contributed by atoms with E-state index >= 15 is 0 Å². The summed E-state index contributed by atoms with van der Waals surface area (Å²) in [6.07, 6.45) is 8.68. The van der Waals surface area contributed by atoms with Gasteiger partial charge >= 0.3 is 18.2 Å². The minimum atomic E-state index is -1.48. The Morgan fingerprint density at radius 3 is 2.58 bits per heavy atom. The van der Waals surface area contributed by atoms with Crippen molar-refractivity contribution in [1.82, 2.24) is 25.5 Å². The van der Waals surface area contributed by atoms with Gasteiger partial charge in [0.1, 0.15) is 47.0 Å². The highest BCUT2D eigenvalue weighted by Crippen LogP contribution is 2.45. The van der Waals surface area contributed by atoms with Crippen LogP contribution in [0.4, 0.5) is 14.7 Å². The molecule has 4 amide bonds. The number of ether oxygens (including phenoxy) is 4. The van der Waals surface area contributed by atoms with Crippen molar-refractivity contribution in [1.29, 1.82) is 0 Å². The SMILES string of the molecule is COc1ccc2c(O[C@@H]3C[C@H]4C(=O)N[C@]5(C(=O)O)CC5C=CCCCCC[C@H](NC(=O)OC5CCCC5)C(=O)N4C3)cc(-c3csc(NC(=O)OCC(C)C)n3)nc2c1. The van der Waals surface area contributed by atoms with Gasteiger partial charge in [-0.15, -0.1) is 11.3 Å². The number of carboxylic acid groups (broad SMARTS) is 1. The summed E-state index contributed by atoms with van der Waals surface area (Å²) in [4.78, 5) is 77.7. The molecule has 4 aliphatic rings. The number of methoxy groups -OCH3 is 1. The van der Waals surface area contributed by atoms with Gasteiger partial charge in [0.2, 0.25) is 11.8 Å². The standard InChI is InChI=1S/C42H52N6O10S/c1-24(2)22-56-40(53)46-39-44-33(23-59-39)32-19-35(29-16-15-27(55-3)17-31(29)43-32)57-28-18-34-36(49)47-42(38(51)52)20-25(42)11-7-5-4-6-8-14-30(37(50)48(34)21-28)45-41(54)58-26-12-9-10-13-26/h7,11,15-17,19,23-26,28,30,34H,4-6,8-10,12-14,18,20-22H2,1-3H3,(H,45,54)(H,47,49)(H,51,52)(H,44,46,53)/t25?,28-,30+,34+,42-/m1/s1. The van der Waals surface area contributed by atoms with E-state index in [1.54, 1.807) is 36.8 Å². The summed E-state index contributed by atoms with van der Waals surface area (Å²) in [5, 5.41) is 21.3. The Kier molecular flexibility index (Phi) is 12.9. The van der Waals surface area contributed by atoms with E-state index < -0.39 is 53.7 Å². The van der Waals surface area contributed by atoms with Crippen LogP contribution >= 0.6 is 11.3 Å². The summed E-state index contributed by atoms with van der Waals surface area (Å²) >= 11 is 1.20. The number of allylic oxidation sites excluding steroid dienone is 1. The van der Waals surface area contributed by atoms with Crippen LogP contribution in [0.3, 0.4) is 0 Å². The third-order valence-electron chi connectivity index (χ3n) is 11.3. The van der Waals surface area contributed by atoms with Crippen LogP contribution in [0.25, 0.3) is 22.3 Å². The summed E-state index contributed by atoms with van der Waals surface area (Å²) in [7, 11) is 1.55. The highest BCUT2D eigenvalue weighted by atomic mass is 32.1. The number of aliphatic carboxylic acids is 1. The van der Waals surface area contributed by atoms with Gasteiger partial charge < -0.3 is 39.6 Å². The van der Waals surface area contributed by atoms with Crippen molar-refractivity contribution in [3.63, 3.8) is 0 Å². The van der Waals surface area contributed by atoms with E-state index in [2.05, 4.69) is 20.9 Å². The van der Waals surface area contributed by atoms with Crippen LogP contribution < -0.4 is 25.4 Å². The van der Waals surface area contributed by atoms with Gasteiger partial charge in [0, 0.05) is 35.2 Å². The molecule has 5 atom stereocenters. The summed E-state index contributed by atoms with van der Waals surface area (Å²) < 4.78 is 23.1. The number of nitrogens with one attached hydrogen (secondary N) is 3. The minimum Gasteiger partial charge on any atom is -0.497 e. The van der Waals surface area contributed by atoms with Gasteiger partial charge in [0.25, 0.3) is 0 Å². The lowest BCUT2D eigenvalue weighted by molar-refractivity contribution is -0.145. The van der Waals surface area contributed by atoms with Crippen LogP contribution in [0.2, 0.25) is 0 Å². The molecular weight excluding hydrogens is 781 g/mol. The van der Waals surface area contributed by atoms with Crippen LogP contribution in [0, 0.1) is 11.8 Å². The molecule has 3 aromatic rings. The number of hydrogen-bond acceptors (Lipinski definition) is 12. The number of hydrogen-bond donors (Lipinski definition) is 4. The second kappa shape index (κ2) is 18.2. The number of carboxylic acids is 1. The van der Waals surface area contributed by atoms with Crippen LogP contribution in [0.5, 0.6) is 11.5 Å². The molecular formula is C42H52N6O10S. The number of amides is 4. The van der Waals surface area contributed by atoms with E-state index in [0.29, 0.717) is 51.8 Å². The second-order valence-corrected chi connectivity index (χ2v) is 17.0. The first-order chi connectivity index (χ1) is 28.4. The van der Waals surface area contributed by atoms with E-state index in [1.165, 1.54) is 16.2 Å². The van der Waals surface area contributed by atoms with Gasteiger partial charge in [-0.2, -0.15) is 0 Å². The molecule has 4 heterocycles. The van der Waals surface area contributed by atoms with Crippen LogP contribution in [-0.4, -0.2) is 100 Å². The Morgan fingerprint density at radius 2 is 1.81 bits per heavy atom. The zero-order valence-electron chi connectivity index (χ0n) is 33.6. The molecule has 2 aliphatic heterocycles. The van der Waals surface area contributed by atoms with Crippen LogP contribution in [0.1, 0.15) is 84.5 Å². The van der Waals surface area contributed by atoms with Gasteiger partial charge in [-0.1, -0.05) is 38.8 Å². The molecule has 16 nitrogen and oxygen atoms in total. The van der Waals surface area contributed by atoms with Crippen molar-refractivity contribution >= 4 is 57.3 Å². The number of thiazole rings is 1. The van der Waals surface area contributed by atoms with E-state index in [9.17, 15) is 29.1 Å². The molecule has 17 heteroatoms. The first-order valence-electron chi connectivity index (χ1n) is 20.5. The smallest absolute Gasteiger partial charge is 0.413 e. The lowest BCUT2D eigenvalue weighted by atomic mass is 10.0. The fourth-order valence-electron chi connectivity index (χ4n) is 8.01. The zero-order chi connectivity index (χ0) is 41.7. The van der Waals surface area contributed by atoms with Gasteiger partial charge in [-0.3, -0.25) is 14.9 Å². The molecule has 2 aliphatic carbocycles. The molecule has 1 aromatic carbocycles. The van der Waals surface area contributed by atoms with Crippen molar-refractivity contribution < 1.29 is 48.0 Å². The number of carbonyl (C=O) groups excluding carboxylic acids is 4. The largest absolute Gasteiger partial charge is 0.497 e. The van der Waals surface area contributed by atoms with Crippen LogP contribution in [-0.2, 0) is 23.9 Å². The predicted molar refractivity (Wildman–Crippen MR) is 218 cm³/mol. The van der Waals surface area contributed by atoms with E-state index in [1.807, 2.05) is 26.0 Å². The number of pyridine rings is 1. The first kappa shape index (κ1) is 41.7. The van der Waals surface area contributed by atoms with Gasteiger partial charge in [0.05, 0.1) is 31.5 Å². The fraction of sp³-hybridized carbons (Fsp3) is 0.548. The quantitative estimate of drug-likeness (QED) is 0.163. The first-order valence-corrected chi connectivity index (χ1v) is 21.3. The van der Waals surface area contributed by atoms with Crippen molar-refractivity contribution in [2.24, 2.45) is 11.8 Å². The molecule has 1 unspecified atom stereocenters. The summed E-state index contributed by atoms with van der Waals surface area (Å²) in [5.74, 6) is -1.47. The molecule has 3 fully saturated rings. The van der Waals surface area contributed by atoms with Crippen molar-refractivity contribution in [2.45, 2.75) is 114 Å². The lowest BCUT2D eigenvalue weighted by Gasteiger charge is -2.29. The Hall–Kier alpha value is -5.45. The number of fused-ring (bicyclic) bond motifs is 3. The third kappa shape index (κ3) is 9.89. The maximum absolute atomic E-state index is 14.6. The average Bonchev–Trinajstić information content (AvgIpc) is 3.63. The molecule has 0 radical (unpaired) electrons. The van der Waals surface area contributed by atoms with Gasteiger partial charge in [0.15, 0.2) is 5.13 Å². The molecule has 316 valence electrons. The number of carbonyl (C=O) groups is 5. The second-order valence-electron chi connectivity index (χ2n) is 16.2. The monoisotopic (exact) mass is 832 g/mol. The highest BCUT2D eigenvalue weighted by molar-refractivity contribution is 7.14. The Balaban J connectivity index is 1.18. The van der Waals surface area contributed by atoms with E-state index in [-0.39, 0.29) is 43.9 Å². The predicted octanol–water partition coefficient (Wildman–Crippen LogP) is 6.44. The number of alkyl carbamates (subject to hydrolysis) is 1. The van der Waals surface area contributed by atoms with Crippen molar-refractivity contribution in [2.75, 3.05) is 25.6 Å². The number of benzene rings is 1. The molecule has 4 N–H and O–H groups in total. The summed E-state index contributed by atoms with van der Waals surface area (Å²) in [6.45, 7) is 4.11. The fourth-order valence-corrected chi connectivity index (χ4v) is 8.70. The number of aromatic nitrogens is 2. The molecule has 0 spiro atoms. The minimum absolute atomic E-state index is 0.0191. The molecule has 1 saturated heterocycles. The zero-order valence-corrected chi connectivity index (χ0v) is 34.4. The molecule has 7 rings (SSSR count). The summed E-state index contributed by atoms with van der Waals surface area (Å²) in [5.41, 5.74) is -0.0591. The molecule has 2 saturated carbocycles.